The van der Waals surface area contributed by atoms with Gasteiger partial charge < -0.3 is 9.47 Å². The van der Waals surface area contributed by atoms with Gasteiger partial charge in [0.05, 0.1) is 13.2 Å². The molecule has 1 unspecified atom stereocenters. The molecule has 1 rings (SSSR count). The number of thiol groups is 1. The summed E-state index contributed by atoms with van der Waals surface area (Å²) >= 11 is 4.22. The fourth-order valence-corrected chi connectivity index (χ4v) is 1.84. The summed E-state index contributed by atoms with van der Waals surface area (Å²) in [5.41, 5.74) is 0.656. The first kappa shape index (κ1) is 15.2. The van der Waals surface area contributed by atoms with Crippen LogP contribution >= 0.6 is 12.6 Å². The quantitative estimate of drug-likeness (QED) is 0.762. The normalized spacial score (nSPS) is 12.3. The van der Waals surface area contributed by atoms with Gasteiger partial charge in [-0.15, -0.1) is 0 Å². The van der Waals surface area contributed by atoms with E-state index in [9.17, 15) is 4.39 Å². The molecule has 1 atom stereocenters. The number of halogens is 1. The van der Waals surface area contributed by atoms with Gasteiger partial charge >= 0.3 is 0 Å². The molecular formula is C14H21FO2S. The molecule has 0 bridgehead atoms. The molecule has 0 aliphatic carbocycles. The summed E-state index contributed by atoms with van der Waals surface area (Å²) in [5, 5.41) is 0. The fraction of sp³-hybridized carbons (Fsp3) is 0.571. The summed E-state index contributed by atoms with van der Waals surface area (Å²) in [5.74, 6) is 1.91. The largest absolute Gasteiger partial charge is 0.490 e. The minimum absolute atomic E-state index is 0.240. The van der Waals surface area contributed by atoms with Crippen LogP contribution in [-0.2, 0) is 6.42 Å². The lowest BCUT2D eigenvalue weighted by Gasteiger charge is -2.15. The molecule has 0 aromatic heterocycles. The summed E-state index contributed by atoms with van der Waals surface area (Å²) in [4.78, 5) is 0. The predicted molar refractivity (Wildman–Crippen MR) is 75.5 cm³/mol. The van der Waals surface area contributed by atoms with Crippen molar-refractivity contribution in [3.63, 3.8) is 0 Å². The molecule has 0 N–H and O–H groups in total. The van der Waals surface area contributed by atoms with E-state index in [1.54, 1.807) is 6.07 Å². The molecule has 1 aromatic rings. The number of rotatable bonds is 7. The van der Waals surface area contributed by atoms with E-state index in [4.69, 9.17) is 9.47 Å². The van der Waals surface area contributed by atoms with E-state index < -0.39 is 0 Å². The van der Waals surface area contributed by atoms with Gasteiger partial charge in [-0.3, -0.25) is 0 Å². The molecule has 102 valence electrons. The van der Waals surface area contributed by atoms with Crippen molar-refractivity contribution in [3.8, 4) is 11.5 Å². The van der Waals surface area contributed by atoms with Crippen LogP contribution in [0.5, 0.6) is 11.5 Å². The van der Waals surface area contributed by atoms with Crippen LogP contribution in [0, 0.1) is 11.7 Å². The number of benzene rings is 1. The second-order valence-electron chi connectivity index (χ2n) is 4.25. The smallest absolute Gasteiger partial charge is 0.164 e. The second kappa shape index (κ2) is 7.52. The standard InChI is InChI=1S/C14H21FO2S/c1-4-16-13-7-11(6-10(3)9-18)12(15)8-14(13)17-5-2/h7-8,10,18H,4-6,9H2,1-3H3. The molecule has 0 spiro atoms. The molecule has 4 heteroatoms. The zero-order chi connectivity index (χ0) is 13.5. The molecule has 0 saturated heterocycles. The van der Waals surface area contributed by atoms with E-state index in [0.717, 1.165) is 5.75 Å². The van der Waals surface area contributed by atoms with Crippen molar-refractivity contribution >= 4 is 12.6 Å². The van der Waals surface area contributed by atoms with Crippen LogP contribution in [0.2, 0.25) is 0 Å². The van der Waals surface area contributed by atoms with Gasteiger partial charge in [-0.25, -0.2) is 4.39 Å². The van der Waals surface area contributed by atoms with E-state index in [2.05, 4.69) is 12.6 Å². The highest BCUT2D eigenvalue weighted by molar-refractivity contribution is 7.80. The van der Waals surface area contributed by atoms with Crippen molar-refractivity contribution in [2.45, 2.75) is 27.2 Å². The topological polar surface area (TPSA) is 18.5 Å². The fourth-order valence-electron chi connectivity index (χ4n) is 1.71. The van der Waals surface area contributed by atoms with Crippen LogP contribution < -0.4 is 9.47 Å². The minimum atomic E-state index is -0.240. The summed E-state index contributed by atoms with van der Waals surface area (Å²) in [6.45, 7) is 6.84. The van der Waals surface area contributed by atoms with Gasteiger partial charge in [-0.05, 0) is 43.6 Å². The van der Waals surface area contributed by atoms with E-state index in [0.29, 0.717) is 42.6 Å². The van der Waals surface area contributed by atoms with Gasteiger partial charge in [-0.2, -0.15) is 12.6 Å². The third kappa shape index (κ3) is 4.09. The molecule has 0 heterocycles. The molecule has 2 nitrogen and oxygen atoms in total. The predicted octanol–water partition coefficient (Wildman–Crippen LogP) is 3.73. The Bertz CT molecular complexity index is 382. The van der Waals surface area contributed by atoms with Crippen molar-refractivity contribution in [2.24, 2.45) is 5.92 Å². The van der Waals surface area contributed by atoms with Crippen LogP contribution in [0.25, 0.3) is 0 Å². The molecular weight excluding hydrogens is 251 g/mol. The maximum Gasteiger partial charge on any atom is 0.164 e. The Hall–Kier alpha value is -0.900. The van der Waals surface area contributed by atoms with Crippen LogP contribution in [0.3, 0.4) is 0 Å². The molecule has 0 fully saturated rings. The zero-order valence-corrected chi connectivity index (χ0v) is 12.1. The van der Waals surface area contributed by atoms with E-state index in [1.165, 1.54) is 6.07 Å². The molecule has 18 heavy (non-hydrogen) atoms. The molecule has 0 saturated carbocycles. The lowest BCUT2D eigenvalue weighted by atomic mass is 10.0. The van der Waals surface area contributed by atoms with Crippen molar-refractivity contribution < 1.29 is 13.9 Å². The Morgan fingerprint density at radius 1 is 1.17 bits per heavy atom. The Morgan fingerprint density at radius 2 is 1.72 bits per heavy atom. The number of ether oxygens (including phenoxy) is 2. The lowest BCUT2D eigenvalue weighted by Crippen LogP contribution is -2.06. The van der Waals surface area contributed by atoms with Gasteiger partial charge in [0.25, 0.3) is 0 Å². The highest BCUT2D eigenvalue weighted by Crippen LogP contribution is 2.31. The molecule has 0 amide bonds. The summed E-state index contributed by atoms with van der Waals surface area (Å²) in [6, 6.07) is 3.15. The Morgan fingerprint density at radius 3 is 2.22 bits per heavy atom. The van der Waals surface area contributed by atoms with Crippen LogP contribution in [-0.4, -0.2) is 19.0 Å². The van der Waals surface area contributed by atoms with Gasteiger partial charge in [0.15, 0.2) is 11.5 Å². The number of hydrogen-bond acceptors (Lipinski definition) is 3. The SMILES string of the molecule is CCOc1cc(F)c(CC(C)CS)cc1OCC. The summed E-state index contributed by atoms with van der Waals surface area (Å²) in [6.07, 6.45) is 0.655. The van der Waals surface area contributed by atoms with Crippen LogP contribution in [0.15, 0.2) is 12.1 Å². The third-order valence-electron chi connectivity index (χ3n) is 2.59. The van der Waals surface area contributed by atoms with Gasteiger partial charge in [-0.1, -0.05) is 6.92 Å². The van der Waals surface area contributed by atoms with Crippen LogP contribution in [0.4, 0.5) is 4.39 Å². The van der Waals surface area contributed by atoms with Crippen molar-refractivity contribution in [3.05, 3.63) is 23.5 Å². The first-order chi connectivity index (χ1) is 8.62. The highest BCUT2D eigenvalue weighted by atomic mass is 32.1. The summed E-state index contributed by atoms with van der Waals surface area (Å²) < 4.78 is 24.8. The van der Waals surface area contributed by atoms with Gasteiger partial charge in [0.1, 0.15) is 5.82 Å². The molecule has 0 radical (unpaired) electrons. The average Bonchev–Trinajstić information content (AvgIpc) is 2.35. The van der Waals surface area contributed by atoms with E-state index in [1.807, 2.05) is 20.8 Å². The highest BCUT2D eigenvalue weighted by Gasteiger charge is 2.13. The maximum atomic E-state index is 13.9. The van der Waals surface area contributed by atoms with Crippen LogP contribution in [0.1, 0.15) is 26.3 Å². The van der Waals surface area contributed by atoms with Gasteiger partial charge in [0, 0.05) is 6.07 Å². The van der Waals surface area contributed by atoms with Crippen molar-refractivity contribution in [1.82, 2.24) is 0 Å². The zero-order valence-electron chi connectivity index (χ0n) is 11.2. The maximum absolute atomic E-state index is 13.9. The molecule has 1 aromatic carbocycles. The minimum Gasteiger partial charge on any atom is -0.490 e. The first-order valence-electron chi connectivity index (χ1n) is 6.31. The van der Waals surface area contributed by atoms with E-state index in [-0.39, 0.29) is 5.82 Å². The Balaban J connectivity index is 3.01. The van der Waals surface area contributed by atoms with E-state index >= 15 is 0 Å². The molecule has 0 aliphatic heterocycles. The monoisotopic (exact) mass is 272 g/mol. The Labute approximate surface area is 114 Å². The Kier molecular flexibility index (Phi) is 6.33. The second-order valence-corrected chi connectivity index (χ2v) is 4.61. The van der Waals surface area contributed by atoms with Crippen molar-refractivity contribution in [1.29, 1.82) is 0 Å². The average molecular weight is 272 g/mol. The number of hydrogen-bond donors (Lipinski definition) is 1. The van der Waals surface area contributed by atoms with Crippen molar-refractivity contribution in [2.75, 3.05) is 19.0 Å². The third-order valence-corrected chi connectivity index (χ3v) is 3.22. The van der Waals surface area contributed by atoms with Gasteiger partial charge in [0.2, 0.25) is 0 Å². The first-order valence-corrected chi connectivity index (χ1v) is 6.94. The summed E-state index contributed by atoms with van der Waals surface area (Å²) in [7, 11) is 0. The lowest BCUT2D eigenvalue weighted by molar-refractivity contribution is 0.285. The molecule has 0 aliphatic rings.